The fraction of sp³-hybridized carbons (Fsp3) is 0.450. The zero-order valence-electron chi connectivity index (χ0n) is 14.5. The maximum atomic E-state index is 13.1. The second-order valence-electron chi connectivity index (χ2n) is 6.98. The third kappa shape index (κ3) is 3.07. The Bertz CT molecular complexity index is 758. The van der Waals surface area contributed by atoms with Gasteiger partial charge >= 0.3 is 0 Å². The van der Waals surface area contributed by atoms with E-state index in [0.29, 0.717) is 29.1 Å². The van der Waals surface area contributed by atoms with Crippen LogP contribution < -0.4 is 10.5 Å². The van der Waals surface area contributed by atoms with E-state index < -0.39 is 0 Å². The average molecular weight is 356 g/mol. The summed E-state index contributed by atoms with van der Waals surface area (Å²) in [5.74, 6) is 1.84. The van der Waals surface area contributed by atoms with Gasteiger partial charge in [-0.3, -0.25) is 4.79 Å². The van der Waals surface area contributed by atoms with Gasteiger partial charge in [0.2, 0.25) is 0 Å². The quantitative estimate of drug-likeness (QED) is 0.910. The van der Waals surface area contributed by atoms with E-state index in [1.165, 1.54) is 11.3 Å². The van der Waals surface area contributed by atoms with E-state index >= 15 is 0 Å². The minimum absolute atomic E-state index is 0.0947. The molecule has 2 N–H and O–H groups in total. The molecule has 25 heavy (non-hydrogen) atoms. The molecule has 1 saturated heterocycles. The Morgan fingerprint density at radius 1 is 1.28 bits per heavy atom. The second-order valence-corrected chi connectivity index (χ2v) is 8.03. The van der Waals surface area contributed by atoms with Gasteiger partial charge in [0.25, 0.3) is 5.91 Å². The molecule has 2 aromatic rings. The molecule has 5 heteroatoms. The number of carbonyl (C=O) groups excluding carboxylic acids is 1. The Kier molecular flexibility index (Phi) is 4.52. The monoisotopic (exact) mass is 356 g/mol. The standard InChI is InChI=1S/C20H24N2O2S/c1-2-24-17-10-18(13-6-4-3-5-7-13)25-19(17)20(23)22-11-14-8-9-16(21)15(14)12-22/h3-7,10,14-16H,2,8-9,11-12,21H2,1H3. The van der Waals surface area contributed by atoms with E-state index in [9.17, 15) is 4.79 Å². The van der Waals surface area contributed by atoms with Gasteiger partial charge in [-0.15, -0.1) is 11.3 Å². The first-order valence-electron chi connectivity index (χ1n) is 9.04. The second kappa shape index (κ2) is 6.81. The lowest BCUT2D eigenvalue weighted by atomic mass is 9.98. The number of rotatable bonds is 4. The van der Waals surface area contributed by atoms with Gasteiger partial charge in [-0.05, 0) is 43.2 Å². The number of fused-ring (bicyclic) bond motifs is 1. The van der Waals surface area contributed by atoms with Crippen LogP contribution >= 0.6 is 11.3 Å². The number of thiophene rings is 1. The molecule has 1 aliphatic carbocycles. The molecule has 0 radical (unpaired) electrons. The Hall–Kier alpha value is -1.85. The summed E-state index contributed by atoms with van der Waals surface area (Å²) < 4.78 is 5.77. The predicted molar refractivity (Wildman–Crippen MR) is 101 cm³/mol. The molecule has 3 unspecified atom stereocenters. The number of hydrogen-bond acceptors (Lipinski definition) is 4. The number of amides is 1. The van der Waals surface area contributed by atoms with Crippen LogP contribution in [0.25, 0.3) is 10.4 Å². The van der Waals surface area contributed by atoms with Gasteiger partial charge in [-0.1, -0.05) is 30.3 Å². The number of nitrogens with two attached hydrogens (primary N) is 1. The van der Waals surface area contributed by atoms with Gasteiger partial charge in [0.1, 0.15) is 10.6 Å². The fourth-order valence-electron chi connectivity index (χ4n) is 4.15. The fourth-order valence-corrected chi connectivity index (χ4v) is 5.22. The van der Waals surface area contributed by atoms with Crippen LogP contribution in [0.1, 0.15) is 29.4 Å². The molecule has 1 aliphatic heterocycles. The molecule has 2 aliphatic rings. The summed E-state index contributed by atoms with van der Waals surface area (Å²) in [5, 5.41) is 0. The Morgan fingerprint density at radius 3 is 2.80 bits per heavy atom. The van der Waals surface area contributed by atoms with Crippen LogP contribution in [0.15, 0.2) is 36.4 Å². The molecule has 3 atom stereocenters. The molecule has 0 spiro atoms. The smallest absolute Gasteiger partial charge is 0.267 e. The lowest BCUT2D eigenvalue weighted by Crippen LogP contribution is -2.33. The number of carbonyl (C=O) groups is 1. The zero-order chi connectivity index (χ0) is 17.4. The van der Waals surface area contributed by atoms with E-state index in [0.717, 1.165) is 36.4 Å². The summed E-state index contributed by atoms with van der Waals surface area (Å²) in [5.41, 5.74) is 7.34. The van der Waals surface area contributed by atoms with Crippen molar-refractivity contribution in [2.45, 2.75) is 25.8 Å². The molecule has 1 aromatic heterocycles. The summed E-state index contributed by atoms with van der Waals surface area (Å²) in [6, 6.07) is 12.4. The number of likely N-dealkylation sites (tertiary alicyclic amines) is 1. The van der Waals surface area contributed by atoms with Crippen LogP contribution in [-0.2, 0) is 0 Å². The van der Waals surface area contributed by atoms with Crippen molar-refractivity contribution in [2.24, 2.45) is 17.6 Å². The van der Waals surface area contributed by atoms with Crippen molar-refractivity contribution in [3.05, 3.63) is 41.3 Å². The molecule has 2 heterocycles. The van der Waals surface area contributed by atoms with Gasteiger partial charge in [0, 0.05) is 24.0 Å². The summed E-state index contributed by atoms with van der Waals surface area (Å²) in [6.07, 6.45) is 2.24. The molecule has 4 nitrogen and oxygen atoms in total. The van der Waals surface area contributed by atoms with Crippen molar-refractivity contribution in [1.29, 1.82) is 0 Å². The van der Waals surface area contributed by atoms with Crippen LogP contribution in [0.5, 0.6) is 5.75 Å². The highest BCUT2D eigenvalue weighted by Gasteiger charge is 2.43. The minimum Gasteiger partial charge on any atom is -0.492 e. The summed E-state index contributed by atoms with van der Waals surface area (Å²) in [6.45, 7) is 4.13. The maximum absolute atomic E-state index is 13.1. The molecular weight excluding hydrogens is 332 g/mol. The van der Waals surface area contributed by atoms with E-state index in [1.54, 1.807) is 0 Å². The normalized spacial score (nSPS) is 25.2. The molecule has 1 amide bonds. The molecule has 1 aromatic carbocycles. The van der Waals surface area contributed by atoms with Gasteiger partial charge in [-0.25, -0.2) is 0 Å². The number of ether oxygens (including phenoxy) is 1. The van der Waals surface area contributed by atoms with Gasteiger partial charge in [0.15, 0.2) is 0 Å². The lowest BCUT2D eigenvalue weighted by molar-refractivity contribution is 0.0780. The highest BCUT2D eigenvalue weighted by atomic mass is 32.1. The topological polar surface area (TPSA) is 55.6 Å². The Balaban J connectivity index is 1.60. The number of hydrogen-bond donors (Lipinski definition) is 1. The average Bonchev–Trinajstić information content (AvgIpc) is 3.32. The van der Waals surface area contributed by atoms with Gasteiger partial charge < -0.3 is 15.4 Å². The van der Waals surface area contributed by atoms with Crippen LogP contribution in [0.4, 0.5) is 0 Å². The predicted octanol–water partition coefficient (Wildman–Crippen LogP) is 3.62. The largest absolute Gasteiger partial charge is 0.492 e. The number of nitrogens with zero attached hydrogens (tertiary/aromatic N) is 1. The molecule has 1 saturated carbocycles. The molecular formula is C20H24N2O2S. The van der Waals surface area contributed by atoms with Gasteiger partial charge in [-0.2, -0.15) is 0 Å². The molecule has 0 bridgehead atoms. The van der Waals surface area contributed by atoms with Crippen molar-refractivity contribution < 1.29 is 9.53 Å². The van der Waals surface area contributed by atoms with Crippen molar-refractivity contribution in [3.63, 3.8) is 0 Å². The van der Waals surface area contributed by atoms with Crippen molar-refractivity contribution in [3.8, 4) is 16.2 Å². The summed E-state index contributed by atoms with van der Waals surface area (Å²) in [4.78, 5) is 16.9. The lowest BCUT2D eigenvalue weighted by Gasteiger charge is -2.18. The summed E-state index contributed by atoms with van der Waals surface area (Å²) >= 11 is 1.53. The third-order valence-corrected chi connectivity index (χ3v) is 6.60. The first-order chi connectivity index (χ1) is 12.2. The molecule has 2 fully saturated rings. The van der Waals surface area contributed by atoms with Crippen molar-refractivity contribution in [2.75, 3.05) is 19.7 Å². The van der Waals surface area contributed by atoms with Crippen LogP contribution in [-0.4, -0.2) is 36.5 Å². The Labute approximate surface area is 152 Å². The first-order valence-corrected chi connectivity index (χ1v) is 9.86. The van der Waals surface area contributed by atoms with Crippen LogP contribution in [0.2, 0.25) is 0 Å². The van der Waals surface area contributed by atoms with E-state index in [2.05, 4.69) is 12.1 Å². The molecule has 4 rings (SSSR count). The highest BCUT2D eigenvalue weighted by Crippen LogP contribution is 2.41. The van der Waals surface area contributed by atoms with E-state index in [-0.39, 0.29) is 11.9 Å². The Morgan fingerprint density at radius 2 is 2.08 bits per heavy atom. The highest BCUT2D eigenvalue weighted by molar-refractivity contribution is 7.17. The summed E-state index contributed by atoms with van der Waals surface area (Å²) in [7, 11) is 0. The SMILES string of the molecule is CCOc1cc(-c2ccccc2)sc1C(=O)N1CC2CCC(N)C2C1. The van der Waals surface area contributed by atoms with Crippen molar-refractivity contribution >= 4 is 17.2 Å². The van der Waals surface area contributed by atoms with Crippen LogP contribution in [0, 0.1) is 11.8 Å². The van der Waals surface area contributed by atoms with Gasteiger partial charge in [0.05, 0.1) is 6.61 Å². The third-order valence-electron chi connectivity index (χ3n) is 5.45. The van der Waals surface area contributed by atoms with E-state index in [4.69, 9.17) is 10.5 Å². The van der Waals surface area contributed by atoms with Crippen LogP contribution in [0.3, 0.4) is 0 Å². The van der Waals surface area contributed by atoms with E-state index in [1.807, 2.05) is 36.1 Å². The minimum atomic E-state index is 0.0947. The molecule has 132 valence electrons. The maximum Gasteiger partial charge on any atom is 0.267 e. The first kappa shape index (κ1) is 16.6. The zero-order valence-corrected chi connectivity index (χ0v) is 15.3. The van der Waals surface area contributed by atoms with Crippen molar-refractivity contribution in [1.82, 2.24) is 4.90 Å². The number of benzene rings is 1.